The molecule has 1 saturated carbocycles. The minimum atomic E-state index is -0.855. The maximum Gasteiger partial charge on any atom is 0.339 e. The van der Waals surface area contributed by atoms with E-state index < -0.39 is 12.1 Å². The maximum atomic E-state index is 13.0. The van der Waals surface area contributed by atoms with Gasteiger partial charge in [-0.25, -0.2) is 14.5 Å². The Morgan fingerprint density at radius 2 is 1.87 bits per heavy atom. The number of carbonyl (C=O) groups excluding carboxylic acids is 2. The lowest BCUT2D eigenvalue weighted by molar-refractivity contribution is -0.129. The van der Waals surface area contributed by atoms with Gasteiger partial charge in [0.2, 0.25) is 0 Å². The van der Waals surface area contributed by atoms with Gasteiger partial charge >= 0.3 is 5.97 Å². The number of rotatable bonds is 7. The van der Waals surface area contributed by atoms with Gasteiger partial charge in [-0.05, 0) is 51.5 Å². The summed E-state index contributed by atoms with van der Waals surface area (Å²) in [4.78, 5) is 30.1. The molecule has 7 nitrogen and oxygen atoms in total. The molecule has 0 saturated heterocycles. The first-order valence-electron chi connectivity index (χ1n) is 11.1. The number of nitrogens with one attached hydrogen (secondary N) is 1. The summed E-state index contributed by atoms with van der Waals surface area (Å²) in [5.74, 6) is -0.0947. The molecule has 0 radical (unpaired) electrons. The number of ether oxygens (including phenoxy) is 1. The van der Waals surface area contributed by atoms with Gasteiger partial charge in [0.15, 0.2) is 11.8 Å². The zero-order valence-corrected chi connectivity index (χ0v) is 18.8. The highest BCUT2D eigenvalue weighted by Crippen LogP contribution is 2.25. The van der Waals surface area contributed by atoms with Crippen LogP contribution >= 0.6 is 0 Å². The molecule has 1 unspecified atom stereocenters. The van der Waals surface area contributed by atoms with Gasteiger partial charge in [0.1, 0.15) is 0 Å². The minimum Gasteiger partial charge on any atom is -0.449 e. The third-order valence-electron chi connectivity index (χ3n) is 5.83. The molecule has 3 rings (SSSR count). The van der Waals surface area contributed by atoms with Crippen LogP contribution < -0.4 is 5.32 Å². The number of nitrogens with zero attached hydrogens (tertiary/aromatic N) is 3. The Bertz CT molecular complexity index is 897. The quantitative estimate of drug-likeness (QED) is 0.680. The Morgan fingerprint density at radius 3 is 2.50 bits per heavy atom. The zero-order chi connectivity index (χ0) is 21.8. The molecular formula is C23H34N4O3. The van der Waals surface area contributed by atoms with E-state index in [4.69, 9.17) is 9.72 Å². The lowest BCUT2D eigenvalue weighted by Gasteiger charge is -2.22. The monoisotopic (exact) mass is 414 g/mol. The summed E-state index contributed by atoms with van der Waals surface area (Å²) >= 11 is 0. The SMILES string of the molecule is CC(OC(=O)c1cc(C(C)C)nc2c1cnn2C(C)C)C(=O)NCC1CCCCC1. The number of hydrogen-bond donors (Lipinski definition) is 1. The number of carbonyl (C=O) groups is 2. The number of amides is 1. The molecule has 164 valence electrons. The van der Waals surface area contributed by atoms with Crippen LogP contribution in [0.25, 0.3) is 11.0 Å². The summed E-state index contributed by atoms with van der Waals surface area (Å²) in [6, 6.07) is 1.87. The average molecular weight is 415 g/mol. The number of esters is 1. The third-order valence-corrected chi connectivity index (χ3v) is 5.83. The zero-order valence-electron chi connectivity index (χ0n) is 18.8. The molecule has 1 amide bonds. The highest BCUT2D eigenvalue weighted by molar-refractivity contribution is 6.03. The van der Waals surface area contributed by atoms with Gasteiger partial charge < -0.3 is 10.1 Å². The Balaban J connectivity index is 1.74. The molecule has 0 aromatic carbocycles. The van der Waals surface area contributed by atoms with Crippen molar-refractivity contribution in [3.05, 3.63) is 23.5 Å². The van der Waals surface area contributed by atoms with Gasteiger partial charge in [0.25, 0.3) is 5.91 Å². The van der Waals surface area contributed by atoms with Crippen molar-refractivity contribution in [3.8, 4) is 0 Å². The second-order valence-electron chi connectivity index (χ2n) is 8.97. The molecule has 1 fully saturated rings. The first-order valence-corrected chi connectivity index (χ1v) is 11.1. The molecule has 7 heteroatoms. The highest BCUT2D eigenvalue weighted by atomic mass is 16.5. The predicted octanol–water partition coefficient (Wildman–Crippen LogP) is 4.38. The van der Waals surface area contributed by atoms with E-state index >= 15 is 0 Å². The summed E-state index contributed by atoms with van der Waals surface area (Å²) in [6.45, 7) is 10.4. The Hall–Kier alpha value is -2.44. The first kappa shape index (κ1) is 22.2. The molecule has 0 spiro atoms. The van der Waals surface area contributed by atoms with Crippen LogP contribution in [0, 0.1) is 5.92 Å². The number of fused-ring (bicyclic) bond motifs is 1. The topological polar surface area (TPSA) is 86.1 Å². The standard InChI is InChI=1S/C23H34N4O3/c1-14(2)20-11-18(19-13-25-27(15(3)4)21(19)26-20)23(29)30-16(5)22(28)24-12-17-9-7-6-8-10-17/h11,13-17H,6-10,12H2,1-5H3,(H,24,28). The molecule has 2 aromatic rings. The van der Waals surface area contributed by atoms with E-state index in [2.05, 4.69) is 10.4 Å². The molecule has 30 heavy (non-hydrogen) atoms. The fourth-order valence-electron chi connectivity index (χ4n) is 3.94. The summed E-state index contributed by atoms with van der Waals surface area (Å²) in [5.41, 5.74) is 1.87. The van der Waals surface area contributed by atoms with E-state index in [-0.39, 0.29) is 17.9 Å². The first-order chi connectivity index (χ1) is 14.3. The third kappa shape index (κ3) is 4.99. The molecule has 1 aliphatic rings. The largest absolute Gasteiger partial charge is 0.449 e. The second kappa shape index (κ2) is 9.58. The van der Waals surface area contributed by atoms with Gasteiger partial charge in [0, 0.05) is 18.3 Å². The highest BCUT2D eigenvalue weighted by Gasteiger charge is 2.24. The predicted molar refractivity (Wildman–Crippen MR) is 116 cm³/mol. The van der Waals surface area contributed by atoms with Gasteiger partial charge in [-0.1, -0.05) is 33.1 Å². The van der Waals surface area contributed by atoms with Crippen molar-refractivity contribution < 1.29 is 14.3 Å². The Morgan fingerprint density at radius 1 is 1.17 bits per heavy atom. The molecule has 1 atom stereocenters. The molecule has 0 aliphatic heterocycles. The Labute approximate surface area is 178 Å². The molecule has 1 N–H and O–H groups in total. The molecule has 2 aromatic heterocycles. The maximum absolute atomic E-state index is 13.0. The van der Waals surface area contributed by atoms with Crippen LogP contribution in [0.4, 0.5) is 0 Å². The van der Waals surface area contributed by atoms with E-state index in [1.807, 2.05) is 27.7 Å². The number of pyridine rings is 1. The van der Waals surface area contributed by atoms with E-state index in [1.165, 1.54) is 19.3 Å². The number of hydrogen-bond acceptors (Lipinski definition) is 5. The van der Waals surface area contributed by atoms with Gasteiger partial charge in [-0.15, -0.1) is 0 Å². The molecular weight excluding hydrogens is 380 g/mol. The van der Waals surface area contributed by atoms with Crippen LogP contribution in [-0.4, -0.2) is 39.3 Å². The van der Waals surface area contributed by atoms with Crippen molar-refractivity contribution in [2.24, 2.45) is 5.92 Å². The van der Waals surface area contributed by atoms with Crippen LogP contribution in [0.5, 0.6) is 0 Å². The van der Waals surface area contributed by atoms with Crippen LogP contribution in [-0.2, 0) is 9.53 Å². The minimum absolute atomic E-state index is 0.116. The van der Waals surface area contributed by atoms with Crippen LogP contribution in [0.3, 0.4) is 0 Å². The average Bonchev–Trinajstić information content (AvgIpc) is 3.16. The van der Waals surface area contributed by atoms with Crippen molar-refractivity contribution in [2.75, 3.05) is 6.54 Å². The van der Waals surface area contributed by atoms with E-state index in [0.29, 0.717) is 29.1 Å². The summed E-state index contributed by atoms with van der Waals surface area (Å²) < 4.78 is 7.34. The Kier molecular flexibility index (Phi) is 7.10. The summed E-state index contributed by atoms with van der Waals surface area (Å²) in [6.07, 6.45) is 6.84. The normalized spacial score (nSPS) is 16.2. The van der Waals surface area contributed by atoms with E-state index in [9.17, 15) is 9.59 Å². The molecule has 2 heterocycles. The fourth-order valence-corrected chi connectivity index (χ4v) is 3.94. The lowest BCUT2D eigenvalue weighted by atomic mass is 9.89. The van der Waals surface area contributed by atoms with Crippen molar-refractivity contribution >= 4 is 22.9 Å². The van der Waals surface area contributed by atoms with Crippen molar-refractivity contribution in [3.63, 3.8) is 0 Å². The molecule has 0 bridgehead atoms. The van der Waals surface area contributed by atoms with Crippen molar-refractivity contribution in [1.29, 1.82) is 0 Å². The lowest BCUT2D eigenvalue weighted by Crippen LogP contribution is -2.38. The van der Waals surface area contributed by atoms with Crippen LogP contribution in [0.15, 0.2) is 12.3 Å². The van der Waals surface area contributed by atoms with Gasteiger partial charge in [-0.3, -0.25) is 4.79 Å². The van der Waals surface area contributed by atoms with Gasteiger partial charge in [0.05, 0.1) is 17.1 Å². The van der Waals surface area contributed by atoms with Gasteiger partial charge in [-0.2, -0.15) is 5.10 Å². The summed E-state index contributed by atoms with van der Waals surface area (Å²) in [7, 11) is 0. The van der Waals surface area contributed by atoms with Crippen LogP contribution in [0.2, 0.25) is 0 Å². The smallest absolute Gasteiger partial charge is 0.339 e. The summed E-state index contributed by atoms with van der Waals surface area (Å²) in [5, 5.41) is 8.00. The fraction of sp³-hybridized carbons (Fsp3) is 0.652. The van der Waals surface area contributed by atoms with Crippen LogP contribution in [0.1, 0.15) is 94.7 Å². The van der Waals surface area contributed by atoms with E-state index in [0.717, 1.165) is 18.5 Å². The van der Waals surface area contributed by atoms with E-state index in [1.54, 1.807) is 23.9 Å². The second-order valence-corrected chi connectivity index (χ2v) is 8.97. The number of aromatic nitrogens is 3. The molecule has 1 aliphatic carbocycles. The van der Waals surface area contributed by atoms with Crippen molar-refractivity contribution in [2.45, 2.75) is 84.8 Å². The van der Waals surface area contributed by atoms with Crippen molar-refractivity contribution in [1.82, 2.24) is 20.1 Å².